The van der Waals surface area contributed by atoms with Crippen LogP contribution in [0.4, 0.5) is 26.3 Å². The van der Waals surface area contributed by atoms with Gasteiger partial charge in [0.25, 0.3) is 5.91 Å². The van der Waals surface area contributed by atoms with Crippen molar-refractivity contribution < 1.29 is 35.9 Å². The fourth-order valence-electron chi connectivity index (χ4n) is 3.98. The Morgan fingerprint density at radius 3 is 2.09 bits per heavy atom. The fraction of sp³-hybridized carbons (Fsp3) is 0.435. The molecule has 0 saturated carbocycles. The second-order valence-electron chi connectivity index (χ2n) is 7.86. The molecule has 1 amide bonds. The van der Waals surface area contributed by atoms with Crippen LogP contribution in [-0.4, -0.2) is 37.6 Å². The largest absolute Gasteiger partial charge is 0.496 e. The summed E-state index contributed by atoms with van der Waals surface area (Å²) in [5.41, 5.74) is -2.98. The number of benzene rings is 2. The number of piperidine rings is 1. The van der Waals surface area contributed by atoms with Gasteiger partial charge in [-0.15, -0.1) is 0 Å². The van der Waals surface area contributed by atoms with Gasteiger partial charge in [0.2, 0.25) is 0 Å². The van der Waals surface area contributed by atoms with Gasteiger partial charge in [0.15, 0.2) is 0 Å². The number of hydrogen-bond acceptors (Lipinski definition) is 3. The van der Waals surface area contributed by atoms with Crippen molar-refractivity contribution in [3.8, 4) is 5.75 Å². The van der Waals surface area contributed by atoms with E-state index in [4.69, 9.17) is 4.74 Å². The van der Waals surface area contributed by atoms with Gasteiger partial charge in [-0.05, 0) is 50.2 Å². The summed E-state index contributed by atoms with van der Waals surface area (Å²) in [5.74, 6) is -0.427. The Kier molecular flexibility index (Phi) is 7.56. The minimum Gasteiger partial charge on any atom is -0.496 e. The summed E-state index contributed by atoms with van der Waals surface area (Å²) in [5, 5.41) is 2.53. The third kappa shape index (κ3) is 6.19. The second kappa shape index (κ2) is 10.0. The average Bonchev–Trinajstić information content (AvgIpc) is 2.78. The molecule has 2 aromatic rings. The number of nitrogens with zero attached hydrogens (tertiary/aromatic N) is 1. The van der Waals surface area contributed by atoms with Gasteiger partial charge in [-0.1, -0.05) is 24.6 Å². The number of ether oxygens (including phenoxy) is 1. The summed E-state index contributed by atoms with van der Waals surface area (Å²) in [7, 11) is 1.51. The normalized spacial score (nSPS) is 16.3. The van der Waals surface area contributed by atoms with Crippen molar-refractivity contribution in [2.75, 3.05) is 26.7 Å². The van der Waals surface area contributed by atoms with E-state index in [0.29, 0.717) is 17.9 Å². The maximum atomic E-state index is 13.1. The van der Waals surface area contributed by atoms with Crippen LogP contribution in [0.1, 0.15) is 52.4 Å². The van der Waals surface area contributed by atoms with Crippen molar-refractivity contribution in [2.45, 2.75) is 37.7 Å². The lowest BCUT2D eigenvalue weighted by Crippen LogP contribution is -2.40. The molecule has 0 aliphatic carbocycles. The van der Waals surface area contributed by atoms with Gasteiger partial charge in [-0.2, -0.15) is 26.3 Å². The number of alkyl halides is 6. The fourth-order valence-corrected chi connectivity index (χ4v) is 3.98. The quantitative estimate of drug-likeness (QED) is 0.547. The van der Waals surface area contributed by atoms with Crippen molar-refractivity contribution in [2.24, 2.45) is 0 Å². The molecule has 3 rings (SSSR count). The molecule has 1 aliphatic rings. The van der Waals surface area contributed by atoms with Crippen LogP contribution >= 0.6 is 0 Å². The van der Waals surface area contributed by atoms with Gasteiger partial charge in [0.05, 0.1) is 24.3 Å². The first-order valence-corrected chi connectivity index (χ1v) is 10.5. The Balaban J connectivity index is 1.88. The molecule has 4 nitrogen and oxygen atoms in total. The molecule has 0 spiro atoms. The van der Waals surface area contributed by atoms with E-state index in [0.717, 1.165) is 37.9 Å². The molecule has 0 radical (unpaired) electrons. The van der Waals surface area contributed by atoms with E-state index < -0.39 is 35.0 Å². The van der Waals surface area contributed by atoms with Crippen LogP contribution in [0.15, 0.2) is 42.5 Å². The first kappa shape index (κ1) is 24.9. The second-order valence-corrected chi connectivity index (χ2v) is 7.86. The van der Waals surface area contributed by atoms with Gasteiger partial charge in [0, 0.05) is 17.7 Å². The number of amides is 1. The molecular formula is C23H24F6N2O2. The molecule has 0 aromatic heterocycles. The molecule has 1 aliphatic heterocycles. The van der Waals surface area contributed by atoms with E-state index in [1.165, 1.54) is 7.11 Å². The zero-order valence-corrected chi connectivity index (χ0v) is 17.9. The van der Waals surface area contributed by atoms with Crippen molar-refractivity contribution in [1.29, 1.82) is 0 Å². The third-order valence-corrected chi connectivity index (χ3v) is 5.64. The van der Waals surface area contributed by atoms with Crippen molar-refractivity contribution in [1.82, 2.24) is 10.2 Å². The molecule has 0 bridgehead atoms. The molecule has 33 heavy (non-hydrogen) atoms. The van der Waals surface area contributed by atoms with Crippen LogP contribution in [0.25, 0.3) is 0 Å². The maximum Gasteiger partial charge on any atom is 0.416 e. The zero-order chi connectivity index (χ0) is 24.2. The lowest BCUT2D eigenvalue weighted by molar-refractivity contribution is -0.143. The van der Waals surface area contributed by atoms with Crippen LogP contribution in [0.2, 0.25) is 0 Å². The molecule has 1 heterocycles. The van der Waals surface area contributed by atoms with Gasteiger partial charge in [-0.3, -0.25) is 9.69 Å². The van der Waals surface area contributed by atoms with Crippen LogP contribution in [0.3, 0.4) is 0 Å². The highest BCUT2D eigenvalue weighted by atomic mass is 19.4. The summed E-state index contributed by atoms with van der Waals surface area (Å²) < 4.78 is 84.3. The number of methoxy groups -OCH3 is 1. The first-order valence-electron chi connectivity index (χ1n) is 10.5. The molecule has 1 saturated heterocycles. The minimum atomic E-state index is -5.02. The highest BCUT2D eigenvalue weighted by molar-refractivity contribution is 5.94. The summed E-state index contributed by atoms with van der Waals surface area (Å²) in [6.07, 6.45) is -7.09. The smallest absolute Gasteiger partial charge is 0.416 e. The number of carbonyl (C=O) groups is 1. The Morgan fingerprint density at radius 2 is 1.55 bits per heavy atom. The summed E-state index contributed by atoms with van der Waals surface area (Å²) >= 11 is 0. The predicted molar refractivity (Wildman–Crippen MR) is 110 cm³/mol. The Hall–Kier alpha value is -2.75. The van der Waals surface area contributed by atoms with Crippen molar-refractivity contribution in [3.05, 3.63) is 64.7 Å². The van der Waals surface area contributed by atoms with E-state index in [1.807, 2.05) is 6.07 Å². The predicted octanol–water partition coefficient (Wildman–Crippen LogP) is 5.69. The molecular weight excluding hydrogens is 450 g/mol. The van der Waals surface area contributed by atoms with E-state index in [-0.39, 0.29) is 18.7 Å². The molecule has 10 heteroatoms. The minimum absolute atomic E-state index is 0.00213. The van der Waals surface area contributed by atoms with Crippen molar-refractivity contribution >= 4 is 5.91 Å². The Morgan fingerprint density at radius 1 is 0.970 bits per heavy atom. The van der Waals surface area contributed by atoms with Crippen LogP contribution < -0.4 is 10.1 Å². The molecule has 1 unspecified atom stereocenters. The topological polar surface area (TPSA) is 41.6 Å². The number of nitrogens with one attached hydrogen (secondary N) is 1. The third-order valence-electron chi connectivity index (χ3n) is 5.64. The number of halogens is 6. The Labute approximate surface area is 187 Å². The lowest BCUT2D eigenvalue weighted by atomic mass is 10.00. The number of para-hydroxylation sites is 1. The van der Waals surface area contributed by atoms with E-state index in [9.17, 15) is 31.1 Å². The highest BCUT2D eigenvalue weighted by Gasteiger charge is 2.37. The van der Waals surface area contributed by atoms with Crippen molar-refractivity contribution in [3.63, 3.8) is 0 Å². The van der Waals surface area contributed by atoms with E-state index >= 15 is 0 Å². The standard InChI is InChI=1S/C23H24F6N2O2/c1-33-20-8-4-3-7-18(20)19(31-9-5-2-6-10-31)14-30-21(32)15-11-16(22(24,25)26)13-17(12-15)23(27,28)29/h3-4,7-8,11-13,19H,2,5-6,9-10,14H2,1H3,(H,30,32). The Bertz CT molecular complexity index is 936. The summed E-state index contributed by atoms with van der Waals surface area (Å²) in [4.78, 5) is 14.8. The summed E-state index contributed by atoms with van der Waals surface area (Å²) in [6.45, 7) is 1.50. The number of hydrogen-bond donors (Lipinski definition) is 1. The molecule has 1 atom stereocenters. The first-order chi connectivity index (χ1) is 15.5. The molecule has 2 aromatic carbocycles. The van der Waals surface area contributed by atoms with Gasteiger partial charge in [0.1, 0.15) is 5.75 Å². The molecule has 1 N–H and O–H groups in total. The van der Waals surface area contributed by atoms with Crippen LogP contribution in [0, 0.1) is 0 Å². The van der Waals surface area contributed by atoms with Crippen LogP contribution in [0.5, 0.6) is 5.75 Å². The SMILES string of the molecule is COc1ccccc1C(CNC(=O)c1cc(C(F)(F)F)cc(C(F)(F)F)c1)N1CCCCC1. The number of rotatable bonds is 6. The summed E-state index contributed by atoms with van der Waals surface area (Å²) in [6, 6.07) is 7.70. The average molecular weight is 474 g/mol. The van der Waals surface area contributed by atoms with Gasteiger partial charge in [-0.25, -0.2) is 0 Å². The zero-order valence-electron chi connectivity index (χ0n) is 17.9. The highest BCUT2D eigenvalue weighted by Crippen LogP contribution is 2.36. The number of likely N-dealkylation sites (tertiary alicyclic amines) is 1. The molecule has 180 valence electrons. The number of carbonyl (C=O) groups excluding carboxylic acids is 1. The lowest BCUT2D eigenvalue weighted by Gasteiger charge is -2.35. The van der Waals surface area contributed by atoms with Gasteiger partial charge >= 0.3 is 12.4 Å². The van der Waals surface area contributed by atoms with E-state index in [2.05, 4.69) is 10.2 Å². The monoisotopic (exact) mass is 474 g/mol. The van der Waals surface area contributed by atoms with Gasteiger partial charge < -0.3 is 10.1 Å². The van der Waals surface area contributed by atoms with Crippen LogP contribution in [-0.2, 0) is 12.4 Å². The maximum absolute atomic E-state index is 13.1. The molecule has 1 fully saturated rings. The van der Waals surface area contributed by atoms with E-state index in [1.54, 1.807) is 18.2 Å².